The van der Waals surface area contributed by atoms with E-state index in [0.29, 0.717) is 0 Å². The molecule has 0 radical (unpaired) electrons. The third-order valence-electron chi connectivity index (χ3n) is 9.02. The summed E-state index contributed by atoms with van der Waals surface area (Å²) in [5.74, 6) is 0.746. The van der Waals surface area contributed by atoms with Gasteiger partial charge in [-0.2, -0.15) is 0 Å². The number of fused-ring (bicyclic) bond motifs is 10. The SMILES string of the molecule is OC1(c2ccccc2-c2ccccc2)C2=C(c3c1cc(Br)c1c3oc3ccccc31)C1c3ccccc3OC1C(Br)=C2. The molecule has 202 valence electrons. The van der Waals surface area contributed by atoms with Gasteiger partial charge in [-0.1, -0.05) is 107 Å². The standard InChI is InChI=1S/C37H22Br2O3/c38-27-18-26-34(36-31(27)22-13-5-8-16-29(22)42-36)33-25(19-28(39)35-32(33)23-14-6-9-17-30(23)41-35)37(26,40)24-15-7-4-12-21(24)20-10-2-1-3-11-20/h1-19,32,35,40H. The highest BCUT2D eigenvalue weighted by molar-refractivity contribution is 9.11. The number of furan rings is 1. The van der Waals surface area contributed by atoms with Gasteiger partial charge in [0.05, 0.1) is 5.92 Å². The maximum absolute atomic E-state index is 13.4. The molecule has 3 unspecified atom stereocenters. The molecule has 42 heavy (non-hydrogen) atoms. The zero-order valence-corrected chi connectivity index (χ0v) is 25.3. The molecule has 2 heterocycles. The minimum Gasteiger partial charge on any atom is -0.484 e. The Morgan fingerprint density at radius 2 is 1.50 bits per heavy atom. The monoisotopic (exact) mass is 672 g/mol. The van der Waals surface area contributed by atoms with Crippen LogP contribution in [0.2, 0.25) is 0 Å². The maximum atomic E-state index is 13.4. The lowest BCUT2D eigenvalue weighted by molar-refractivity contribution is 0.128. The second-order valence-corrected chi connectivity index (χ2v) is 12.9. The molecule has 9 rings (SSSR count). The Bertz CT molecular complexity index is 2170. The molecule has 0 spiro atoms. The van der Waals surface area contributed by atoms with Gasteiger partial charge in [0.15, 0.2) is 0 Å². The van der Waals surface area contributed by atoms with Gasteiger partial charge in [-0.25, -0.2) is 0 Å². The van der Waals surface area contributed by atoms with Crippen molar-refractivity contribution in [2.75, 3.05) is 0 Å². The van der Waals surface area contributed by atoms with Gasteiger partial charge in [0.1, 0.15) is 28.6 Å². The summed E-state index contributed by atoms with van der Waals surface area (Å²) < 4.78 is 15.0. The van der Waals surface area contributed by atoms with Crippen molar-refractivity contribution in [1.82, 2.24) is 0 Å². The second-order valence-electron chi connectivity index (χ2n) is 11.1. The fourth-order valence-corrected chi connectivity index (χ4v) is 8.51. The maximum Gasteiger partial charge on any atom is 0.144 e. The number of aliphatic hydroxyl groups is 1. The predicted molar refractivity (Wildman–Crippen MR) is 174 cm³/mol. The van der Waals surface area contributed by atoms with Gasteiger partial charge in [0.2, 0.25) is 0 Å². The zero-order chi connectivity index (χ0) is 28.2. The van der Waals surface area contributed by atoms with Gasteiger partial charge in [0.25, 0.3) is 0 Å². The summed E-state index contributed by atoms with van der Waals surface area (Å²) in [6, 6.07) is 36.9. The normalized spacial score (nSPS) is 22.0. The quantitative estimate of drug-likeness (QED) is 0.199. The Morgan fingerprint density at radius 1 is 0.762 bits per heavy atom. The van der Waals surface area contributed by atoms with Crippen molar-refractivity contribution in [2.24, 2.45) is 0 Å². The van der Waals surface area contributed by atoms with Gasteiger partial charge >= 0.3 is 0 Å². The van der Waals surface area contributed by atoms with Gasteiger partial charge in [-0.15, -0.1) is 0 Å². The van der Waals surface area contributed by atoms with E-state index in [4.69, 9.17) is 9.15 Å². The predicted octanol–water partition coefficient (Wildman–Crippen LogP) is 9.86. The number of halogens is 2. The van der Waals surface area contributed by atoms with E-state index in [1.54, 1.807) is 0 Å². The Labute approximate surface area is 259 Å². The Morgan fingerprint density at radius 3 is 2.38 bits per heavy atom. The van der Waals surface area contributed by atoms with E-state index in [-0.39, 0.29) is 12.0 Å². The second kappa shape index (κ2) is 8.81. The third-order valence-corrected chi connectivity index (χ3v) is 10.3. The Balaban J connectivity index is 1.44. The molecule has 2 aliphatic carbocycles. The van der Waals surface area contributed by atoms with Crippen LogP contribution in [0.4, 0.5) is 0 Å². The molecule has 6 aromatic rings. The molecule has 0 fully saturated rings. The highest BCUT2D eigenvalue weighted by atomic mass is 79.9. The van der Waals surface area contributed by atoms with E-state index in [9.17, 15) is 5.11 Å². The van der Waals surface area contributed by atoms with Gasteiger partial charge < -0.3 is 14.3 Å². The van der Waals surface area contributed by atoms with E-state index in [2.05, 4.69) is 80.4 Å². The van der Waals surface area contributed by atoms with E-state index in [1.807, 2.05) is 66.7 Å². The van der Waals surface area contributed by atoms with Crippen molar-refractivity contribution in [3.05, 3.63) is 152 Å². The molecule has 1 aliphatic heterocycles. The summed E-state index contributed by atoms with van der Waals surface area (Å²) in [6.07, 6.45) is 1.84. The highest BCUT2D eigenvalue weighted by Gasteiger charge is 2.54. The molecular formula is C37H22Br2O3. The fraction of sp³-hybridized carbons (Fsp3) is 0.0811. The van der Waals surface area contributed by atoms with Crippen LogP contribution in [0.25, 0.3) is 38.6 Å². The summed E-state index contributed by atoms with van der Waals surface area (Å²) in [7, 11) is 0. The van der Waals surface area contributed by atoms with E-state index >= 15 is 0 Å². The Hall–Kier alpha value is -3.90. The zero-order valence-electron chi connectivity index (χ0n) is 22.1. The van der Waals surface area contributed by atoms with Crippen molar-refractivity contribution in [3.8, 4) is 16.9 Å². The molecule has 3 nitrogen and oxygen atoms in total. The molecule has 0 bridgehead atoms. The minimum absolute atomic E-state index is 0.121. The smallest absolute Gasteiger partial charge is 0.144 e. The number of ether oxygens (including phenoxy) is 1. The molecular weight excluding hydrogens is 652 g/mol. The van der Waals surface area contributed by atoms with Crippen LogP contribution < -0.4 is 4.74 Å². The van der Waals surface area contributed by atoms with Crippen LogP contribution in [-0.2, 0) is 5.60 Å². The summed E-state index contributed by atoms with van der Waals surface area (Å²) in [5, 5.41) is 15.4. The average molecular weight is 674 g/mol. The first kappa shape index (κ1) is 24.7. The van der Waals surface area contributed by atoms with Crippen molar-refractivity contribution < 1.29 is 14.3 Å². The molecule has 5 aromatic carbocycles. The highest BCUT2D eigenvalue weighted by Crippen LogP contribution is 2.63. The lowest BCUT2D eigenvalue weighted by atomic mass is 9.76. The molecule has 5 heteroatoms. The summed E-state index contributed by atoms with van der Waals surface area (Å²) in [5.41, 5.74) is 7.74. The summed E-state index contributed by atoms with van der Waals surface area (Å²) in [6.45, 7) is 0. The minimum atomic E-state index is -1.45. The van der Waals surface area contributed by atoms with Crippen LogP contribution in [0.15, 0.2) is 134 Å². The van der Waals surface area contributed by atoms with Crippen LogP contribution in [0, 0.1) is 0 Å². The van der Waals surface area contributed by atoms with Crippen LogP contribution in [-0.4, -0.2) is 11.2 Å². The average Bonchev–Trinajstić information content (AvgIpc) is 3.68. The summed E-state index contributed by atoms with van der Waals surface area (Å²) in [4.78, 5) is 0. The molecule has 0 saturated carbocycles. The molecule has 0 saturated heterocycles. The first-order chi connectivity index (χ1) is 20.6. The van der Waals surface area contributed by atoms with Crippen LogP contribution in [0.1, 0.15) is 28.2 Å². The number of hydrogen-bond acceptors (Lipinski definition) is 3. The van der Waals surface area contributed by atoms with Crippen molar-refractivity contribution >= 4 is 59.4 Å². The largest absolute Gasteiger partial charge is 0.484 e. The van der Waals surface area contributed by atoms with Crippen molar-refractivity contribution in [1.29, 1.82) is 0 Å². The third kappa shape index (κ3) is 3.14. The number of benzene rings is 5. The van der Waals surface area contributed by atoms with Crippen LogP contribution in [0.3, 0.4) is 0 Å². The fourth-order valence-electron chi connectivity index (χ4n) is 7.30. The van der Waals surface area contributed by atoms with Gasteiger partial charge in [-0.3, -0.25) is 0 Å². The summed E-state index contributed by atoms with van der Waals surface area (Å²) >= 11 is 7.77. The first-order valence-corrected chi connectivity index (χ1v) is 15.5. The van der Waals surface area contributed by atoms with Crippen molar-refractivity contribution in [2.45, 2.75) is 17.6 Å². The molecule has 1 N–H and O–H groups in total. The molecule has 1 aromatic heterocycles. The lowest BCUT2D eigenvalue weighted by Crippen LogP contribution is -2.30. The van der Waals surface area contributed by atoms with Crippen molar-refractivity contribution in [3.63, 3.8) is 0 Å². The molecule has 3 aliphatic rings. The van der Waals surface area contributed by atoms with Gasteiger partial charge in [0, 0.05) is 42.0 Å². The molecule has 3 atom stereocenters. The number of rotatable bonds is 2. The van der Waals surface area contributed by atoms with Crippen LogP contribution in [0.5, 0.6) is 5.75 Å². The topological polar surface area (TPSA) is 42.6 Å². The van der Waals surface area contributed by atoms with E-state index in [0.717, 1.165) is 81.2 Å². The van der Waals surface area contributed by atoms with E-state index in [1.165, 1.54) is 0 Å². The molecule has 0 amide bonds. The van der Waals surface area contributed by atoms with Gasteiger partial charge in [-0.05, 0) is 62.5 Å². The first-order valence-electron chi connectivity index (χ1n) is 13.9. The number of hydrogen-bond donors (Lipinski definition) is 1. The van der Waals surface area contributed by atoms with E-state index < -0.39 is 5.60 Å². The Kier molecular flexibility index (Phi) is 5.17. The van der Waals surface area contributed by atoms with Crippen LogP contribution >= 0.6 is 31.9 Å². The number of para-hydroxylation sites is 2. The lowest BCUT2D eigenvalue weighted by Gasteiger charge is -2.33.